The van der Waals surface area contributed by atoms with Gasteiger partial charge in [-0.1, -0.05) is 0 Å². The van der Waals surface area contributed by atoms with Crippen molar-refractivity contribution in [3.05, 3.63) is 0 Å². The summed E-state index contributed by atoms with van der Waals surface area (Å²) in [6.07, 6.45) is 1.08. The van der Waals surface area contributed by atoms with Crippen molar-refractivity contribution in [2.45, 2.75) is 26.0 Å². The number of hydrogen-bond donors (Lipinski definition) is 1. The second-order valence-corrected chi connectivity index (χ2v) is 4.65. The predicted octanol–water partition coefficient (Wildman–Crippen LogP) is -0.349. The number of rotatable bonds is 4. The van der Waals surface area contributed by atoms with Crippen LogP contribution in [0.1, 0.15) is 19.8 Å². The fraction of sp³-hybridized carbons (Fsp3) is 0.875. The van der Waals surface area contributed by atoms with Gasteiger partial charge in [0.05, 0.1) is 0 Å². The molecule has 7 nitrogen and oxygen atoms in total. The van der Waals surface area contributed by atoms with E-state index in [0.717, 1.165) is 13.0 Å². The summed E-state index contributed by atoms with van der Waals surface area (Å²) in [5.74, 6) is 0. The summed E-state index contributed by atoms with van der Waals surface area (Å²) in [5, 5.41) is 0. The van der Waals surface area contributed by atoms with E-state index < -0.39 is 22.6 Å². The van der Waals surface area contributed by atoms with E-state index in [1.165, 1.54) is 0 Å². The fourth-order valence-electron chi connectivity index (χ4n) is 1.44. The van der Waals surface area contributed by atoms with Crippen LogP contribution in [0.15, 0.2) is 4.99 Å². The number of nitrogens with zero attached hydrogens (tertiary/aromatic N) is 2. The van der Waals surface area contributed by atoms with E-state index in [0.29, 0.717) is 13.0 Å². The molecule has 0 aromatic rings. The van der Waals surface area contributed by atoms with Gasteiger partial charge >= 0.3 is 16.4 Å². The zero-order valence-electron chi connectivity index (χ0n) is 9.42. The standard InChI is InChI=1S/C8H17N3O4S/c1-3-10-8(9)15-16(12,13)14-7-5-4-6-11(7)2/h7H,3-6H2,1-2H3,(H2,9,10). The van der Waals surface area contributed by atoms with Gasteiger partial charge in [0.2, 0.25) is 0 Å². The highest BCUT2D eigenvalue weighted by atomic mass is 32.3. The second-order valence-electron chi connectivity index (χ2n) is 3.48. The number of aliphatic imine (C=N–C) groups is 1. The largest absolute Gasteiger partial charge is 0.453 e. The number of nitrogens with two attached hydrogens (primary N) is 1. The molecule has 94 valence electrons. The van der Waals surface area contributed by atoms with Crippen LogP contribution in [0, 0.1) is 0 Å². The van der Waals surface area contributed by atoms with E-state index in [1.54, 1.807) is 18.9 Å². The molecule has 2 N–H and O–H groups in total. The van der Waals surface area contributed by atoms with E-state index in [-0.39, 0.29) is 0 Å². The third-order valence-corrected chi connectivity index (χ3v) is 3.02. The van der Waals surface area contributed by atoms with Crippen molar-refractivity contribution < 1.29 is 16.8 Å². The summed E-state index contributed by atoms with van der Waals surface area (Å²) >= 11 is 0. The van der Waals surface area contributed by atoms with Crippen LogP contribution in [0.4, 0.5) is 0 Å². The first-order valence-electron chi connectivity index (χ1n) is 5.07. The second kappa shape index (κ2) is 5.46. The molecule has 1 atom stereocenters. The quantitative estimate of drug-likeness (QED) is 0.542. The summed E-state index contributed by atoms with van der Waals surface area (Å²) in [7, 11) is -2.33. The van der Waals surface area contributed by atoms with Gasteiger partial charge in [-0.05, 0) is 26.8 Å². The topological polar surface area (TPSA) is 94.2 Å². The summed E-state index contributed by atoms with van der Waals surface area (Å²) in [6.45, 7) is 2.87. The van der Waals surface area contributed by atoms with E-state index in [1.807, 2.05) is 0 Å². The Morgan fingerprint density at radius 1 is 1.62 bits per heavy atom. The minimum Gasteiger partial charge on any atom is -0.353 e. The number of amidine groups is 1. The molecule has 1 saturated heterocycles. The van der Waals surface area contributed by atoms with Gasteiger partial charge in [-0.15, -0.1) is 0 Å². The van der Waals surface area contributed by atoms with Gasteiger partial charge < -0.3 is 9.92 Å². The molecule has 0 spiro atoms. The van der Waals surface area contributed by atoms with Crippen molar-refractivity contribution in [3.63, 3.8) is 0 Å². The van der Waals surface area contributed by atoms with Gasteiger partial charge in [0.1, 0.15) is 6.23 Å². The maximum absolute atomic E-state index is 11.4. The zero-order valence-corrected chi connectivity index (χ0v) is 10.2. The zero-order chi connectivity index (χ0) is 12.2. The van der Waals surface area contributed by atoms with Crippen molar-refractivity contribution in [2.24, 2.45) is 10.7 Å². The first kappa shape index (κ1) is 13.2. The Bertz CT molecular complexity index is 354. The molecule has 8 heteroatoms. The van der Waals surface area contributed by atoms with E-state index in [4.69, 9.17) is 9.92 Å². The van der Waals surface area contributed by atoms with Crippen molar-refractivity contribution in [2.75, 3.05) is 20.1 Å². The highest BCUT2D eigenvalue weighted by Crippen LogP contribution is 2.18. The van der Waals surface area contributed by atoms with Crippen LogP contribution in [0.3, 0.4) is 0 Å². The minimum atomic E-state index is -4.12. The van der Waals surface area contributed by atoms with Crippen LogP contribution >= 0.6 is 0 Å². The third-order valence-electron chi connectivity index (χ3n) is 2.18. The van der Waals surface area contributed by atoms with Crippen LogP contribution in [0.25, 0.3) is 0 Å². The summed E-state index contributed by atoms with van der Waals surface area (Å²) in [4.78, 5) is 5.40. The Morgan fingerprint density at radius 3 is 2.81 bits per heavy atom. The molecule has 1 fully saturated rings. The lowest BCUT2D eigenvalue weighted by atomic mass is 10.4. The molecule has 0 aromatic heterocycles. The van der Waals surface area contributed by atoms with Crippen LogP contribution in [-0.4, -0.2) is 45.7 Å². The van der Waals surface area contributed by atoms with Gasteiger partial charge in [-0.25, -0.2) is 9.18 Å². The molecule has 0 saturated carbocycles. The lowest BCUT2D eigenvalue weighted by Gasteiger charge is -2.18. The average molecular weight is 251 g/mol. The number of likely N-dealkylation sites (tertiary alicyclic amines) is 1. The predicted molar refractivity (Wildman–Crippen MR) is 58.9 cm³/mol. The molecule has 0 bridgehead atoms. The Balaban J connectivity index is 2.55. The SMILES string of the molecule is CCN=C(N)OS(=O)(=O)OC1CCCN1C. The van der Waals surface area contributed by atoms with Crippen LogP contribution in [0.2, 0.25) is 0 Å². The first-order chi connectivity index (χ1) is 7.44. The van der Waals surface area contributed by atoms with Gasteiger partial charge in [0.15, 0.2) is 0 Å². The molecule has 0 aromatic carbocycles. The molecule has 0 radical (unpaired) electrons. The third kappa shape index (κ3) is 3.95. The highest BCUT2D eigenvalue weighted by Gasteiger charge is 2.28. The summed E-state index contributed by atoms with van der Waals surface area (Å²) in [6, 6.07) is -0.400. The molecule has 1 aliphatic heterocycles. The Kier molecular flexibility index (Phi) is 4.51. The normalized spacial score (nSPS) is 23.6. The number of hydrogen-bond acceptors (Lipinski definition) is 6. The molecule has 16 heavy (non-hydrogen) atoms. The van der Waals surface area contributed by atoms with Crippen molar-refractivity contribution in [1.82, 2.24) is 4.90 Å². The summed E-state index contributed by atoms with van der Waals surface area (Å²) in [5.41, 5.74) is 5.23. The van der Waals surface area contributed by atoms with E-state index in [2.05, 4.69) is 9.18 Å². The molecule has 0 amide bonds. The molecular weight excluding hydrogens is 234 g/mol. The average Bonchev–Trinajstić information content (AvgIpc) is 2.50. The Hall–Kier alpha value is -0.860. The Morgan fingerprint density at radius 2 is 2.31 bits per heavy atom. The maximum atomic E-state index is 11.4. The first-order valence-corrected chi connectivity index (χ1v) is 6.41. The van der Waals surface area contributed by atoms with Gasteiger partial charge in [-0.3, -0.25) is 4.90 Å². The van der Waals surface area contributed by atoms with Crippen LogP contribution in [-0.2, 0) is 18.8 Å². The Labute approximate surface area is 95.6 Å². The van der Waals surface area contributed by atoms with Gasteiger partial charge in [-0.2, -0.15) is 8.42 Å². The van der Waals surface area contributed by atoms with Crippen molar-refractivity contribution in [1.29, 1.82) is 0 Å². The van der Waals surface area contributed by atoms with E-state index in [9.17, 15) is 8.42 Å². The fourth-order valence-corrected chi connectivity index (χ4v) is 2.26. The highest BCUT2D eigenvalue weighted by molar-refractivity contribution is 7.82. The van der Waals surface area contributed by atoms with Crippen molar-refractivity contribution >= 4 is 16.4 Å². The lowest BCUT2D eigenvalue weighted by Crippen LogP contribution is -2.32. The lowest BCUT2D eigenvalue weighted by molar-refractivity contribution is 0.0754. The van der Waals surface area contributed by atoms with Gasteiger partial charge in [0.25, 0.3) is 0 Å². The molecule has 1 rings (SSSR count). The monoisotopic (exact) mass is 251 g/mol. The van der Waals surface area contributed by atoms with Crippen LogP contribution in [0.5, 0.6) is 0 Å². The molecular formula is C8H17N3O4S. The van der Waals surface area contributed by atoms with E-state index >= 15 is 0 Å². The molecule has 0 aliphatic carbocycles. The maximum Gasteiger partial charge on any atom is 0.453 e. The minimum absolute atomic E-state index is 0.352. The molecule has 1 unspecified atom stereocenters. The molecule has 1 heterocycles. The molecule has 1 aliphatic rings. The smallest absolute Gasteiger partial charge is 0.353 e. The van der Waals surface area contributed by atoms with Gasteiger partial charge in [0, 0.05) is 13.1 Å². The summed E-state index contributed by atoms with van der Waals surface area (Å²) < 4.78 is 32.1. The van der Waals surface area contributed by atoms with Crippen LogP contribution < -0.4 is 5.73 Å². The van der Waals surface area contributed by atoms with Crippen molar-refractivity contribution in [3.8, 4) is 0 Å².